The number of aryl methyl sites for hydroxylation is 2. The van der Waals surface area contributed by atoms with Crippen molar-refractivity contribution in [1.29, 1.82) is 0 Å². The Hall–Kier alpha value is -2.02. The van der Waals surface area contributed by atoms with Crippen LogP contribution in [0, 0.1) is 6.92 Å². The van der Waals surface area contributed by atoms with E-state index in [1.807, 2.05) is 26.1 Å². The Balaban J connectivity index is 1.82. The maximum atomic E-state index is 11.9. The zero-order valence-electron chi connectivity index (χ0n) is 11.5. The molecular weight excluding hydrogens is 274 g/mol. The molecule has 1 aromatic carbocycles. The molecule has 7 heteroatoms. The number of nitrogens with zero attached hydrogens (tertiary/aromatic N) is 3. The smallest absolute Gasteiger partial charge is 0.225 e. The Morgan fingerprint density at radius 1 is 1.50 bits per heavy atom. The number of rotatable bonds is 5. The number of carbonyl (C=O) groups is 1. The van der Waals surface area contributed by atoms with Crippen LogP contribution in [0.4, 0.5) is 11.4 Å². The summed E-state index contributed by atoms with van der Waals surface area (Å²) < 4.78 is 1.69. The SMILES string of the molecule is Cc1cc(N)ccc1NC(=O)CCSc1ncnn1C. The Morgan fingerprint density at radius 3 is 2.95 bits per heavy atom. The zero-order valence-corrected chi connectivity index (χ0v) is 12.3. The average molecular weight is 291 g/mol. The van der Waals surface area contributed by atoms with E-state index in [-0.39, 0.29) is 5.91 Å². The minimum atomic E-state index is -0.0208. The quantitative estimate of drug-likeness (QED) is 0.648. The van der Waals surface area contributed by atoms with Crippen molar-refractivity contribution < 1.29 is 4.79 Å². The van der Waals surface area contributed by atoms with Crippen LogP contribution < -0.4 is 11.1 Å². The lowest BCUT2D eigenvalue weighted by Crippen LogP contribution is -2.13. The average Bonchev–Trinajstić information content (AvgIpc) is 2.79. The van der Waals surface area contributed by atoms with Gasteiger partial charge in [-0.2, -0.15) is 5.10 Å². The number of nitrogens with one attached hydrogen (secondary N) is 1. The van der Waals surface area contributed by atoms with Crippen LogP contribution >= 0.6 is 11.8 Å². The first kappa shape index (κ1) is 14.4. The van der Waals surface area contributed by atoms with E-state index in [2.05, 4.69) is 15.4 Å². The fourth-order valence-corrected chi connectivity index (χ4v) is 2.52. The maximum Gasteiger partial charge on any atom is 0.225 e. The van der Waals surface area contributed by atoms with Crippen LogP contribution in [0.3, 0.4) is 0 Å². The number of amides is 1. The second-order valence-electron chi connectivity index (χ2n) is 4.39. The highest BCUT2D eigenvalue weighted by atomic mass is 32.2. The number of anilines is 2. The number of nitrogens with two attached hydrogens (primary N) is 1. The molecular formula is C13H17N5OS. The molecule has 0 radical (unpaired) electrons. The van der Waals surface area contributed by atoms with E-state index >= 15 is 0 Å². The van der Waals surface area contributed by atoms with Gasteiger partial charge in [0.1, 0.15) is 6.33 Å². The third-order valence-electron chi connectivity index (χ3n) is 2.75. The number of nitrogen functional groups attached to an aromatic ring is 1. The largest absolute Gasteiger partial charge is 0.399 e. The normalized spacial score (nSPS) is 10.5. The molecule has 0 bridgehead atoms. The highest BCUT2D eigenvalue weighted by Crippen LogP contribution is 2.19. The molecule has 0 saturated carbocycles. The van der Waals surface area contributed by atoms with Crippen molar-refractivity contribution in [2.24, 2.45) is 7.05 Å². The van der Waals surface area contributed by atoms with E-state index in [9.17, 15) is 4.79 Å². The second-order valence-corrected chi connectivity index (χ2v) is 5.45. The molecule has 0 atom stereocenters. The Morgan fingerprint density at radius 2 is 2.30 bits per heavy atom. The fourth-order valence-electron chi connectivity index (χ4n) is 1.69. The summed E-state index contributed by atoms with van der Waals surface area (Å²) in [6, 6.07) is 5.43. The third kappa shape index (κ3) is 3.74. The lowest BCUT2D eigenvalue weighted by Gasteiger charge is -2.08. The lowest BCUT2D eigenvalue weighted by molar-refractivity contribution is -0.115. The van der Waals surface area contributed by atoms with Gasteiger partial charge in [-0.15, -0.1) is 0 Å². The molecule has 0 unspecified atom stereocenters. The van der Waals surface area contributed by atoms with Gasteiger partial charge in [-0.05, 0) is 30.7 Å². The molecule has 1 amide bonds. The fraction of sp³-hybridized carbons (Fsp3) is 0.308. The molecule has 6 nitrogen and oxygen atoms in total. The van der Waals surface area contributed by atoms with Crippen LogP contribution in [0.2, 0.25) is 0 Å². The topological polar surface area (TPSA) is 85.8 Å². The van der Waals surface area contributed by atoms with Gasteiger partial charge in [0, 0.05) is 30.6 Å². The van der Waals surface area contributed by atoms with E-state index in [1.54, 1.807) is 10.7 Å². The molecule has 0 aliphatic heterocycles. The van der Waals surface area contributed by atoms with E-state index in [1.165, 1.54) is 18.1 Å². The van der Waals surface area contributed by atoms with Crippen molar-refractivity contribution in [3.63, 3.8) is 0 Å². The van der Waals surface area contributed by atoms with Gasteiger partial charge in [0.2, 0.25) is 5.91 Å². The van der Waals surface area contributed by atoms with Gasteiger partial charge in [0.25, 0.3) is 0 Å². The summed E-state index contributed by atoms with van der Waals surface area (Å²) in [5, 5.41) is 7.66. The molecule has 3 N–H and O–H groups in total. The molecule has 106 valence electrons. The van der Waals surface area contributed by atoms with Gasteiger partial charge in [0.05, 0.1) is 0 Å². The molecule has 0 aliphatic carbocycles. The van der Waals surface area contributed by atoms with Gasteiger partial charge in [-0.1, -0.05) is 11.8 Å². The summed E-state index contributed by atoms with van der Waals surface area (Å²) in [5.41, 5.74) is 8.13. The predicted molar refractivity (Wildman–Crippen MR) is 80.6 cm³/mol. The Labute approximate surface area is 121 Å². The number of benzene rings is 1. The summed E-state index contributed by atoms with van der Waals surface area (Å²) in [5.74, 6) is 0.638. The first-order valence-electron chi connectivity index (χ1n) is 6.19. The number of hydrogen-bond donors (Lipinski definition) is 2. The molecule has 1 heterocycles. The van der Waals surface area contributed by atoms with Gasteiger partial charge in [0.15, 0.2) is 5.16 Å². The van der Waals surface area contributed by atoms with E-state index < -0.39 is 0 Å². The molecule has 0 aliphatic rings. The van der Waals surface area contributed by atoms with Gasteiger partial charge in [-0.3, -0.25) is 4.79 Å². The molecule has 2 rings (SSSR count). The zero-order chi connectivity index (χ0) is 14.5. The first-order valence-corrected chi connectivity index (χ1v) is 7.17. The molecule has 20 heavy (non-hydrogen) atoms. The maximum absolute atomic E-state index is 11.9. The first-order chi connectivity index (χ1) is 9.56. The molecule has 1 aromatic heterocycles. The number of thioether (sulfide) groups is 1. The summed E-state index contributed by atoms with van der Waals surface area (Å²) in [7, 11) is 1.83. The summed E-state index contributed by atoms with van der Waals surface area (Å²) in [6.45, 7) is 1.92. The van der Waals surface area contributed by atoms with Crippen LogP contribution in [0.1, 0.15) is 12.0 Å². The summed E-state index contributed by atoms with van der Waals surface area (Å²) in [6.07, 6.45) is 1.92. The summed E-state index contributed by atoms with van der Waals surface area (Å²) in [4.78, 5) is 16.0. The standard InChI is InChI=1S/C13H17N5OS/c1-9-7-10(14)3-4-11(9)17-12(19)5-6-20-13-15-8-16-18(13)2/h3-4,7-8H,5-6,14H2,1-2H3,(H,17,19). The van der Waals surface area contributed by atoms with Crippen LogP contribution in [0.25, 0.3) is 0 Å². The third-order valence-corrected chi connectivity index (χ3v) is 3.79. The second kappa shape index (κ2) is 6.42. The van der Waals surface area contributed by atoms with Crippen molar-refractivity contribution in [2.45, 2.75) is 18.5 Å². The Bertz CT molecular complexity index is 611. The predicted octanol–water partition coefficient (Wildman–Crippen LogP) is 1.83. The minimum Gasteiger partial charge on any atom is -0.399 e. The number of aromatic nitrogens is 3. The number of carbonyl (C=O) groups excluding carboxylic acids is 1. The molecule has 0 spiro atoms. The van der Waals surface area contributed by atoms with Crippen LogP contribution in [-0.4, -0.2) is 26.4 Å². The van der Waals surface area contributed by atoms with Crippen molar-refractivity contribution in [2.75, 3.05) is 16.8 Å². The van der Waals surface area contributed by atoms with E-state index in [4.69, 9.17) is 5.73 Å². The van der Waals surface area contributed by atoms with Gasteiger partial charge >= 0.3 is 0 Å². The molecule has 0 fully saturated rings. The van der Waals surface area contributed by atoms with Crippen molar-refractivity contribution in [3.05, 3.63) is 30.1 Å². The van der Waals surface area contributed by atoms with Gasteiger partial charge in [-0.25, -0.2) is 9.67 Å². The van der Waals surface area contributed by atoms with Gasteiger partial charge < -0.3 is 11.1 Å². The van der Waals surface area contributed by atoms with E-state index in [0.29, 0.717) is 17.9 Å². The lowest BCUT2D eigenvalue weighted by atomic mass is 10.2. The molecule has 2 aromatic rings. The van der Waals surface area contributed by atoms with Crippen molar-refractivity contribution in [1.82, 2.24) is 14.8 Å². The highest BCUT2D eigenvalue weighted by molar-refractivity contribution is 7.99. The van der Waals surface area contributed by atoms with E-state index in [0.717, 1.165) is 16.4 Å². The van der Waals surface area contributed by atoms with Crippen LogP contribution in [0.15, 0.2) is 29.7 Å². The van der Waals surface area contributed by atoms with Crippen molar-refractivity contribution >= 4 is 29.0 Å². The summed E-state index contributed by atoms with van der Waals surface area (Å²) >= 11 is 1.51. The van der Waals surface area contributed by atoms with Crippen LogP contribution in [-0.2, 0) is 11.8 Å². The monoisotopic (exact) mass is 291 g/mol. The Kier molecular flexibility index (Phi) is 4.62. The van der Waals surface area contributed by atoms with Crippen molar-refractivity contribution in [3.8, 4) is 0 Å². The van der Waals surface area contributed by atoms with Crippen LogP contribution in [0.5, 0.6) is 0 Å². The molecule has 0 saturated heterocycles. The number of hydrogen-bond acceptors (Lipinski definition) is 5. The minimum absolute atomic E-state index is 0.0208. The highest BCUT2D eigenvalue weighted by Gasteiger charge is 2.07.